The summed E-state index contributed by atoms with van der Waals surface area (Å²) in [5, 5.41) is 11.6. The van der Waals surface area contributed by atoms with Crippen LogP contribution in [0.4, 0.5) is 9.52 Å². The predicted molar refractivity (Wildman–Crippen MR) is 76.4 cm³/mol. The molecule has 1 heterocycles. The van der Waals surface area contributed by atoms with Crippen molar-refractivity contribution in [3.05, 3.63) is 47.2 Å². The number of anilines is 1. The molecule has 106 valence electrons. The Morgan fingerprint density at radius 3 is 2.70 bits per heavy atom. The van der Waals surface area contributed by atoms with Crippen molar-refractivity contribution in [2.24, 2.45) is 5.92 Å². The smallest absolute Gasteiger partial charge is 0.308 e. The van der Waals surface area contributed by atoms with E-state index >= 15 is 0 Å². The van der Waals surface area contributed by atoms with Crippen LogP contribution >= 0.6 is 11.3 Å². The lowest BCUT2D eigenvalue weighted by Gasteiger charge is -2.23. The molecule has 0 saturated heterocycles. The van der Waals surface area contributed by atoms with E-state index in [2.05, 4.69) is 4.98 Å². The highest BCUT2D eigenvalue weighted by Crippen LogP contribution is 2.21. The normalized spacial score (nSPS) is 12.1. The fourth-order valence-corrected chi connectivity index (χ4v) is 2.45. The van der Waals surface area contributed by atoms with Gasteiger partial charge in [0.25, 0.3) is 0 Å². The van der Waals surface area contributed by atoms with Gasteiger partial charge >= 0.3 is 5.97 Å². The Balaban J connectivity index is 2.14. The van der Waals surface area contributed by atoms with Crippen molar-refractivity contribution in [3.8, 4) is 0 Å². The maximum atomic E-state index is 12.9. The van der Waals surface area contributed by atoms with Crippen LogP contribution in [0.1, 0.15) is 12.5 Å². The largest absolute Gasteiger partial charge is 0.481 e. The summed E-state index contributed by atoms with van der Waals surface area (Å²) in [7, 11) is 0. The second-order valence-electron chi connectivity index (χ2n) is 4.56. The Bertz CT molecular complexity index is 557. The summed E-state index contributed by atoms with van der Waals surface area (Å²) in [6, 6.07) is 6.19. The average Bonchev–Trinajstić information content (AvgIpc) is 2.94. The van der Waals surface area contributed by atoms with Gasteiger partial charge in [-0.05, 0) is 17.7 Å². The molecule has 1 atom stereocenters. The number of carboxylic acid groups (broad SMARTS) is 1. The van der Waals surface area contributed by atoms with Crippen LogP contribution in [0, 0.1) is 11.7 Å². The molecule has 2 aromatic rings. The number of carboxylic acids is 1. The highest BCUT2D eigenvalue weighted by molar-refractivity contribution is 7.13. The van der Waals surface area contributed by atoms with Crippen molar-refractivity contribution < 1.29 is 14.3 Å². The van der Waals surface area contributed by atoms with Crippen LogP contribution in [0.5, 0.6) is 0 Å². The van der Waals surface area contributed by atoms with Gasteiger partial charge in [0.05, 0.1) is 5.92 Å². The van der Waals surface area contributed by atoms with E-state index in [1.807, 2.05) is 10.3 Å². The number of hydrogen-bond donors (Lipinski definition) is 1. The van der Waals surface area contributed by atoms with E-state index in [4.69, 9.17) is 5.11 Å². The Labute approximate surface area is 120 Å². The quantitative estimate of drug-likeness (QED) is 0.890. The van der Waals surface area contributed by atoms with Gasteiger partial charge in [0.1, 0.15) is 5.82 Å². The van der Waals surface area contributed by atoms with Gasteiger partial charge in [-0.15, -0.1) is 11.3 Å². The number of rotatable bonds is 6. The number of hydrogen-bond acceptors (Lipinski definition) is 4. The third-order valence-corrected chi connectivity index (χ3v) is 3.72. The summed E-state index contributed by atoms with van der Waals surface area (Å²) in [4.78, 5) is 17.1. The van der Waals surface area contributed by atoms with Crippen molar-refractivity contribution in [2.45, 2.75) is 13.5 Å². The lowest BCUT2D eigenvalue weighted by atomic mass is 10.1. The number of aliphatic carboxylic acids is 1. The molecule has 0 aliphatic carbocycles. The third-order valence-electron chi connectivity index (χ3n) is 2.89. The van der Waals surface area contributed by atoms with Crippen LogP contribution in [-0.2, 0) is 11.3 Å². The summed E-state index contributed by atoms with van der Waals surface area (Å²) in [5.74, 6) is -1.63. The zero-order valence-electron chi connectivity index (χ0n) is 11.0. The van der Waals surface area contributed by atoms with Crippen molar-refractivity contribution in [1.29, 1.82) is 0 Å². The lowest BCUT2D eigenvalue weighted by Crippen LogP contribution is -2.31. The number of nitrogens with zero attached hydrogens (tertiary/aromatic N) is 2. The molecular weight excluding hydrogens is 279 g/mol. The third kappa shape index (κ3) is 3.77. The molecule has 1 aromatic carbocycles. The number of benzene rings is 1. The number of thiazole rings is 1. The molecule has 0 spiro atoms. The molecule has 0 bridgehead atoms. The molecule has 0 fully saturated rings. The van der Waals surface area contributed by atoms with E-state index in [-0.39, 0.29) is 5.82 Å². The van der Waals surface area contributed by atoms with Gasteiger partial charge in [-0.25, -0.2) is 9.37 Å². The monoisotopic (exact) mass is 294 g/mol. The fraction of sp³-hybridized carbons (Fsp3) is 0.286. The molecule has 20 heavy (non-hydrogen) atoms. The molecule has 1 N–H and O–H groups in total. The van der Waals surface area contributed by atoms with Crippen LogP contribution in [0.3, 0.4) is 0 Å². The van der Waals surface area contributed by atoms with Gasteiger partial charge in [0.15, 0.2) is 5.13 Å². The molecule has 1 aromatic heterocycles. The molecule has 4 nitrogen and oxygen atoms in total. The molecular formula is C14H15FN2O2S. The van der Waals surface area contributed by atoms with Gasteiger partial charge in [-0.2, -0.15) is 0 Å². The molecule has 0 amide bonds. The molecule has 6 heteroatoms. The molecule has 0 radical (unpaired) electrons. The van der Waals surface area contributed by atoms with E-state index in [1.165, 1.54) is 23.5 Å². The van der Waals surface area contributed by atoms with Crippen molar-refractivity contribution in [1.82, 2.24) is 4.98 Å². The summed E-state index contributed by atoms with van der Waals surface area (Å²) in [6.45, 7) is 2.53. The van der Waals surface area contributed by atoms with Crippen LogP contribution in [0.2, 0.25) is 0 Å². The summed E-state index contributed by atoms with van der Waals surface area (Å²) >= 11 is 1.45. The first kappa shape index (κ1) is 14.5. The Morgan fingerprint density at radius 1 is 1.45 bits per heavy atom. The van der Waals surface area contributed by atoms with Crippen molar-refractivity contribution in [2.75, 3.05) is 11.4 Å². The maximum absolute atomic E-state index is 12.9. The van der Waals surface area contributed by atoms with Gasteiger partial charge < -0.3 is 10.0 Å². The Kier molecular flexibility index (Phi) is 4.68. The van der Waals surface area contributed by atoms with Gasteiger partial charge in [-0.3, -0.25) is 4.79 Å². The van der Waals surface area contributed by atoms with Crippen molar-refractivity contribution >= 4 is 22.4 Å². The molecule has 0 aliphatic heterocycles. The summed E-state index contributed by atoms with van der Waals surface area (Å²) in [6.07, 6.45) is 1.68. The minimum Gasteiger partial charge on any atom is -0.481 e. The number of carbonyl (C=O) groups is 1. The van der Waals surface area contributed by atoms with Crippen LogP contribution in [-0.4, -0.2) is 22.6 Å². The van der Waals surface area contributed by atoms with Gasteiger partial charge in [-0.1, -0.05) is 19.1 Å². The Hall–Kier alpha value is -1.95. The maximum Gasteiger partial charge on any atom is 0.308 e. The fourth-order valence-electron chi connectivity index (χ4n) is 1.80. The lowest BCUT2D eigenvalue weighted by molar-refractivity contribution is -0.140. The van der Waals surface area contributed by atoms with E-state index in [0.717, 1.165) is 10.7 Å². The predicted octanol–water partition coefficient (Wildman–Crippen LogP) is 3.01. The molecule has 0 aliphatic rings. The topological polar surface area (TPSA) is 53.4 Å². The van der Waals surface area contributed by atoms with Crippen LogP contribution in [0.15, 0.2) is 35.8 Å². The molecule has 0 saturated carbocycles. The second-order valence-corrected chi connectivity index (χ2v) is 5.43. The second kappa shape index (κ2) is 6.47. The summed E-state index contributed by atoms with van der Waals surface area (Å²) in [5.41, 5.74) is 0.916. The van der Waals surface area contributed by atoms with E-state index in [1.54, 1.807) is 25.3 Å². The van der Waals surface area contributed by atoms with Gasteiger partial charge in [0.2, 0.25) is 0 Å². The van der Waals surface area contributed by atoms with E-state index < -0.39 is 11.9 Å². The van der Waals surface area contributed by atoms with Gasteiger partial charge in [0, 0.05) is 24.7 Å². The summed E-state index contributed by atoms with van der Waals surface area (Å²) < 4.78 is 12.9. The minimum atomic E-state index is -0.842. The van der Waals surface area contributed by atoms with E-state index in [9.17, 15) is 9.18 Å². The first-order chi connectivity index (χ1) is 9.56. The molecule has 1 unspecified atom stereocenters. The SMILES string of the molecule is CC(CN(Cc1ccc(F)cc1)c1nccs1)C(=O)O. The number of halogens is 1. The zero-order valence-corrected chi connectivity index (χ0v) is 11.8. The highest BCUT2D eigenvalue weighted by Gasteiger charge is 2.18. The highest BCUT2D eigenvalue weighted by atomic mass is 32.1. The number of aromatic nitrogens is 1. The first-order valence-corrected chi connectivity index (χ1v) is 7.06. The minimum absolute atomic E-state index is 0.284. The standard InChI is InChI=1S/C14H15FN2O2S/c1-10(13(18)19)8-17(14-16-6-7-20-14)9-11-2-4-12(15)5-3-11/h2-7,10H,8-9H2,1H3,(H,18,19). The van der Waals surface area contributed by atoms with E-state index in [0.29, 0.717) is 13.1 Å². The zero-order chi connectivity index (χ0) is 14.5. The van der Waals surface area contributed by atoms with Crippen LogP contribution < -0.4 is 4.90 Å². The molecule has 2 rings (SSSR count). The Morgan fingerprint density at radius 2 is 2.15 bits per heavy atom. The average molecular weight is 294 g/mol. The van der Waals surface area contributed by atoms with Crippen LogP contribution in [0.25, 0.3) is 0 Å². The van der Waals surface area contributed by atoms with Crippen molar-refractivity contribution in [3.63, 3.8) is 0 Å². The first-order valence-electron chi connectivity index (χ1n) is 6.18.